The third kappa shape index (κ3) is 4.36. The summed E-state index contributed by atoms with van der Waals surface area (Å²) in [5.74, 6) is 0.702. The van der Waals surface area contributed by atoms with E-state index in [1.807, 2.05) is 26.0 Å². The average Bonchev–Trinajstić information content (AvgIpc) is 2.78. The second-order valence-corrected chi connectivity index (χ2v) is 10.1. The molecule has 0 spiro atoms. The lowest BCUT2D eigenvalue weighted by Gasteiger charge is -2.27. The van der Waals surface area contributed by atoms with Crippen molar-refractivity contribution in [2.75, 3.05) is 22.8 Å². The fourth-order valence-corrected chi connectivity index (χ4v) is 4.32. The number of hydrogen-bond acceptors (Lipinski definition) is 4. The van der Waals surface area contributed by atoms with E-state index in [4.69, 9.17) is 4.74 Å². The molecule has 0 atom stereocenters. The van der Waals surface area contributed by atoms with Gasteiger partial charge in [-0.3, -0.25) is 9.52 Å². The number of anilines is 2. The first-order valence-electron chi connectivity index (χ1n) is 9.87. The molecule has 7 heteroatoms. The van der Waals surface area contributed by atoms with E-state index in [9.17, 15) is 13.2 Å². The quantitative estimate of drug-likeness (QED) is 0.685. The molecule has 1 N–H and O–H groups in total. The normalized spacial score (nSPS) is 15.9. The van der Waals surface area contributed by atoms with Crippen LogP contribution in [-0.4, -0.2) is 27.5 Å². The maximum absolute atomic E-state index is 12.9. The highest BCUT2D eigenvalue weighted by atomic mass is 32.2. The SMILES string of the molecule is C=CCN1C(=O)C(C)(C)COc2cc(NS(=O)(=O)c3ccc(C(C)C)cc3)ccc21. The number of rotatable bonds is 6. The number of carbonyl (C=O) groups excluding carboxylic acids is 1. The van der Waals surface area contributed by atoms with Crippen LogP contribution in [0.1, 0.15) is 39.2 Å². The monoisotopic (exact) mass is 428 g/mol. The Bertz CT molecular complexity index is 1060. The summed E-state index contributed by atoms with van der Waals surface area (Å²) in [6, 6.07) is 11.8. The molecule has 0 radical (unpaired) electrons. The Morgan fingerprint density at radius 3 is 2.47 bits per heavy atom. The summed E-state index contributed by atoms with van der Waals surface area (Å²) in [7, 11) is -3.75. The highest BCUT2D eigenvalue weighted by Gasteiger charge is 2.37. The molecule has 0 aliphatic carbocycles. The van der Waals surface area contributed by atoms with E-state index >= 15 is 0 Å². The molecular formula is C23H28N2O4S. The van der Waals surface area contributed by atoms with E-state index in [0.717, 1.165) is 5.56 Å². The maximum atomic E-state index is 12.9. The Morgan fingerprint density at radius 2 is 1.87 bits per heavy atom. The van der Waals surface area contributed by atoms with Crippen LogP contribution in [0.4, 0.5) is 11.4 Å². The minimum atomic E-state index is -3.75. The molecule has 1 aliphatic rings. The van der Waals surface area contributed by atoms with E-state index in [1.165, 1.54) is 0 Å². The standard InChI is InChI=1S/C23H28N2O4S/c1-6-13-25-20-12-9-18(14-21(20)29-15-23(4,5)22(25)26)24-30(27,28)19-10-7-17(8-11-19)16(2)3/h6-12,14,16,24H,1,13,15H2,2-5H3. The van der Waals surface area contributed by atoms with Gasteiger partial charge in [0, 0.05) is 12.6 Å². The van der Waals surface area contributed by atoms with Gasteiger partial charge in [-0.25, -0.2) is 8.42 Å². The van der Waals surface area contributed by atoms with Gasteiger partial charge in [0.05, 0.1) is 21.7 Å². The molecule has 0 fully saturated rings. The maximum Gasteiger partial charge on any atom is 0.261 e. The van der Waals surface area contributed by atoms with Gasteiger partial charge in [-0.2, -0.15) is 0 Å². The van der Waals surface area contributed by atoms with Gasteiger partial charge in [0.25, 0.3) is 10.0 Å². The zero-order valence-corrected chi connectivity index (χ0v) is 18.6. The second kappa shape index (κ2) is 8.14. The summed E-state index contributed by atoms with van der Waals surface area (Å²) >= 11 is 0. The van der Waals surface area contributed by atoms with Crippen molar-refractivity contribution in [2.24, 2.45) is 5.41 Å². The zero-order valence-electron chi connectivity index (χ0n) is 17.8. The number of amides is 1. The fourth-order valence-electron chi connectivity index (χ4n) is 3.27. The molecule has 0 bridgehead atoms. The third-order valence-corrected chi connectivity index (χ3v) is 6.48. The third-order valence-electron chi connectivity index (χ3n) is 5.08. The summed E-state index contributed by atoms with van der Waals surface area (Å²) in [6.07, 6.45) is 1.65. The molecule has 1 heterocycles. The van der Waals surface area contributed by atoms with Crippen molar-refractivity contribution in [3.05, 3.63) is 60.7 Å². The molecule has 2 aromatic carbocycles. The molecule has 0 saturated carbocycles. The van der Waals surface area contributed by atoms with Gasteiger partial charge in [-0.15, -0.1) is 6.58 Å². The Morgan fingerprint density at radius 1 is 1.20 bits per heavy atom. The smallest absolute Gasteiger partial charge is 0.261 e. The van der Waals surface area contributed by atoms with Crippen molar-refractivity contribution < 1.29 is 17.9 Å². The number of nitrogens with zero attached hydrogens (tertiary/aromatic N) is 1. The van der Waals surface area contributed by atoms with E-state index in [1.54, 1.807) is 41.3 Å². The average molecular weight is 429 g/mol. The molecule has 0 unspecified atom stereocenters. The van der Waals surface area contributed by atoms with Gasteiger partial charge in [-0.1, -0.05) is 32.1 Å². The lowest BCUT2D eigenvalue weighted by atomic mass is 9.93. The van der Waals surface area contributed by atoms with Crippen molar-refractivity contribution in [2.45, 2.75) is 38.5 Å². The zero-order chi connectivity index (χ0) is 22.1. The predicted molar refractivity (Wildman–Crippen MR) is 120 cm³/mol. The van der Waals surface area contributed by atoms with Gasteiger partial charge in [0.1, 0.15) is 12.4 Å². The van der Waals surface area contributed by atoms with Crippen molar-refractivity contribution in [3.63, 3.8) is 0 Å². The van der Waals surface area contributed by atoms with Crippen molar-refractivity contribution in [1.29, 1.82) is 0 Å². The topological polar surface area (TPSA) is 75.7 Å². The van der Waals surface area contributed by atoms with Crippen LogP contribution in [-0.2, 0) is 14.8 Å². The van der Waals surface area contributed by atoms with E-state index in [0.29, 0.717) is 29.6 Å². The predicted octanol–water partition coefficient (Wildman–Crippen LogP) is 4.55. The molecule has 2 aromatic rings. The van der Waals surface area contributed by atoms with Gasteiger partial charge in [-0.05, 0) is 49.6 Å². The van der Waals surface area contributed by atoms with Crippen LogP contribution in [0.25, 0.3) is 0 Å². The van der Waals surface area contributed by atoms with Crippen LogP contribution < -0.4 is 14.4 Å². The lowest BCUT2D eigenvalue weighted by Crippen LogP contribution is -2.42. The van der Waals surface area contributed by atoms with Gasteiger partial charge >= 0.3 is 0 Å². The van der Waals surface area contributed by atoms with Gasteiger partial charge in [0.15, 0.2) is 0 Å². The number of sulfonamides is 1. The lowest BCUT2D eigenvalue weighted by molar-refractivity contribution is -0.127. The molecule has 30 heavy (non-hydrogen) atoms. The minimum Gasteiger partial charge on any atom is -0.490 e. The molecule has 1 amide bonds. The van der Waals surface area contributed by atoms with Crippen LogP contribution in [0, 0.1) is 5.41 Å². The first-order valence-corrected chi connectivity index (χ1v) is 11.4. The minimum absolute atomic E-state index is 0.0697. The number of fused-ring (bicyclic) bond motifs is 1. The molecule has 0 aromatic heterocycles. The Balaban J connectivity index is 1.91. The number of hydrogen-bond donors (Lipinski definition) is 1. The van der Waals surface area contributed by atoms with Gasteiger partial charge in [0.2, 0.25) is 5.91 Å². The molecule has 6 nitrogen and oxygen atoms in total. The van der Waals surface area contributed by atoms with E-state index < -0.39 is 15.4 Å². The van der Waals surface area contributed by atoms with Crippen LogP contribution in [0.15, 0.2) is 60.0 Å². The molecule has 160 valence electrons. The van der Waals surface area contributed by atoms with E-state index in [-0.39, 0.29) is 17.4 Å². The Hall–Kier alpha value is -2.80. The van der Waals surface area contributed by atoms with Crippen molar-refractivity contribution >= 4 is 27.3 Å². The molecule has 0 saturated heterocycles. The summed E-state index contributed by atoms with van der Waals surface area (Å²) < 4.78 is 34.1. The summed E-state index contributed by atoms with van der Waals surface area (Å²) in [4.78, 5) is 14.7. The second-order valence-electron chi connectivity index (χ2n) is 8.39. The van der Waals surface area contributed by atoms with Gasteiger partial charge < -0.3 is 9.64 Å². The van der Waals surface area contributed by atoms with Crippen LogP contribution in [0.3, 0.4) is 0 Å². The van der Waals surface area contributed by atoms with Crippen LogP contribution >= 0.6 is 0 Å². The van der Waals surface area contributed by atoms with E-state index in [2.05, 4.69) is 25.1 Å². The fraction of sp³-hybridized carbons (Fsp3) is 0.348. The first kappa shape index (κ1) is 21.9. The Labute approximate surface area is 178 Å². The largest absolute Gasteiger partial charge is 0.490 e. The van der Waals surface area contributed by atoms with Crippen molar-refractivity contribution in [1.82, 2.24) is 0 Å². The van der Waals surface area contributed by atoms with Crippen LogP contribution in [0.5, 0.6) is 5.75 Å². The Kier molecular flexibility index (Phi) is 5.94. The summed E-state index contributed by atoms with van der Waals surface area (Å²) in [5, 5.41) is 0. The summed E-state index contributed by atoms with van der Waals surface area (Å²) in [6.45, 7) is 12.0. The first-order chi connectivity index (χ1) is 14.0. The number of benzene rings is 2. The highest BCUT2D eigenvalue weighted by Crippen LogP contribution is 2.38. The molecule has 3 rings (SSSR count). The van der Waals surface area contributed by atoms with Crippen LogP contribution in [0.2, 0.25) is 0 Å². The number of nitrogens with one attached hydrogen (secondary N) is 1. The number of carbonyl (C=O) groups is 1. The summed E-state index contributed by atoms with van der Waals surface area (Å²) in [5.41, 5.74) is 1.32. The molecule has 1 aliphatic heterocycles. The molecular weight excluding hydrogens is 400 g/mol. The highest BCUT2D eigenvalue weighted by molar-refractivity contribution is 7.92. The number of ether oxygens (including phenoxy) is 1. The van der Waals surface area contributed by atoms with Crippen molar-refractivity contribution in [3.8, 4) is 5.75 Å².